The molecule has 0 aliphatic rings. The zero-order chi connectivity index (χ0) is 11.2. The van der Waals surface area contributed by atoms with E-state index in [-0.39, 0.29) is 0 Å². The highest BCUT2D eigenvalue weighted by atomic mass is 16.4. The minimum atomic E-state index is -0.585. The molecule has 0 radical (unpaired) electrons. The third-order valence-corrected chi connectivity index (χ3v) is 2.38. The van der Waals surface area contributed by atoms with E-state index in [0.29, 0.717) is 12.3 Å². The number of aliphatic hydroxyl groups is 1. The fourth-order valence-corrected chi connectivity index (χ4v) is 1.53. The Labute approximate surface area is 94.7 Å². The Kier molecular flexibility index (Phi) is 3.75. The minimum absolute atomic E-state index is 0.488. The third-order valence-electron chi connectivity index (χ3n) is 2.38. The van der Waals surface area contributed by atoms with Gasteiger partial charge in [0, 0.05) is 13.1 Å². The van der Waals surface area contributed by atoms with Gasteiger partial charge in [0.25, 0.3) is 0 Å². The highest BCUT2D eigenvalue weighted by Gasteiger charge is 2.08. The van der Waals surface area contributed by atoms with E-state index in [1.165, 1.54) is 5.56 Å². The van der Waals surface area contributed by atoms with Crippen molar-refractivity contribution < 1.29 is 9.52 Å². The SMILES string of the molecule is O[C@@H](CNCc1ccccc1)c1ccco1. The normalized spacial score (nSPS) is 12.6. The van der Waals surface area contributed by atoms with Crippen LogP contribution in [0, 0.1) is 0 Å². The molecule has 16 heavy (non-hydrogen) atoms. The van der Waals surface area contributed by atoms with Crippen LogP contribution in [-0.2, 0) is 6.54 Å². The first-order chi connectivity index (χ1) is 7.86. The van der Waals surface area contributed by atoms with E-state index in [1.807, 2.05) is 30.3 Å². The van der Waals surface area contributed by atoms with E-state index in [0.717, 1.165) is 6.54 Å². The summed E-state index contributed by atoms with van der Waals surface area (Å²) in [6.07, 6.45) is 0.981. The van der Waals surface area contributed by atoms with Crippen LogP contribution in [0.3, 0.4) is 0 Å². The van der Waals surface area contributed by atoms with Crippen molar-refractivity contribution in [2.45, 2.75) is 12.6 Å². The van der Waals surface area contributed by atoms with Gasteiger partial charge < -0.3 is 14.8 Å². The van der Waals surface area contributed by atoms with Crippen molar-refractivity contribution in [3.8, 4) is 0 Å². The summed E-state index contributed by atoms with van der Waals surface area (Å²) in [6.45, 7) is 1.24. The van der Waals surface area contributed by atoms with Crippen molar-refractivity contribution in [1.29, 1.82) is 0 Å². The van der Waals surface area contributed by atoms with Gasteiger partial charge in [0.05, 0.1) is 6.26 Å². The van der Waals surface area contributed by atoms with E-state index < -0.39 is 6.10 Å². The molecule has 1 aromatic heterocycles. The lowest BCUT2D eigenvalue weighted by Gasteiger charge is -2.09. The number of hydrogen-bond acceptors (Lipinski definition) is 3. The molecule has 0 fully saturated rings. The lowest BCUT2D eigenvalue weighted by Crippen LogP contribution is -2.20. The minimum Gasteiger partial charge on any atom is -0.467 e. The van der Waals surface area contributed by atoms with Gasteiger partial charge in [0.2, 0.25) is 0 Å². The van der Waals surface area contributed by atoms with Crippen LogP contribution in [0.15, 0.2) is 53.1 Å². The topological polar surface area (TPSA) is 45.4 Å². The number of benzene rings is 1. The summed E-state index contributed by atoms with van der Waals surface area (Å²) >= 11 is 0. The number of rotatable bonds is 5. The Bertz CT molecular complexity index is 397. The van der Waals surface area contributed by atoms with Crippen LogP contribution in [0.25, 0.3) is 0 Å². The zero-order valence-corrected chi connectivity index (χ0v) is 8.97. The number of nitrogens with one attached hydrogen (secondary N) is 1. The van der Waals surface area contributed by atoms with Gasteiger partial charge in [-0.15, -0.1) is 0 Å². The standard InChI is InChI=1S/C13H15NO2/c15-12(13-7-4-8-16-13)10-14-9-11-5-2-1-3-6-11/h1-8,12,14-15H,9-10H2/t12-/m0/s1. The molecule has 3 heteroatoms. The molecule has 2 rings (SSSR count). The average Bonchev–Trinajstić information content (AvgIpc) is 2.84. The van der Waals surface area contributed by atoms with Crippen LogP contribution in [-0.4, -0.2) is 11.7 Å². The molecule has 0 saturated heterocycles. The molecule has 0 unspecified atom stereocenters. The molecule has 0 spiro atoms. The van der Waals surface area contributed by atoms with Crippen LogP contribution in [0.1, 0.15) is 17.4 Å². The van der Waals surface area contributed by atoms with Gasteiger partial charge in [-0.1, -0.05) is 30.3 Å². The monoisotopic (exact) mass is 217 g/mol. The summed E-state index contributed by atoms with van der Waals surface area (Å²) < 4.78 is 5.11. The van der Waals surface area contributed by atoms with E-state index >= 15 is 0 Å². The maximum Gasteiger partial charge on any atom is 0.133 e. The second-order valence-electron chi connectivity index (χ2n) is 3.65. The van der Waals surface area contributed by atoms with Gasteiger partial charge in [-0.25, -0.2) is 0 Å². The second kappa shape index (κ2) is 5.49. The predicted molar refractivity (Wildman–Crippen MR) is 61.8 cm³/mol. The molecular weight excluding hydrogens is 202 g/mol. The summed E-state index contributed by atoms with van der Waals surface area (Å²) in [7, 11) is 0. The van der Waals surface area contributed by atoms with Crippen molar-refractivity contribution in [3.05, 3.63) is 60.1 Å². The quantitative estimate of drug-likeness (QED) is 0.806. The summed E-state index contributed by atoms with van der Waals surface area (Å²) in [5.74, 6) is 0.598. The first-order valence-corrected chi connectivity index (χ1v) is 5.32. The Morgan fingerprint density at radius 3 is 2.62 bits per heavy atom. The Morgan fingerprint density at radius 1 is 1.12 bits per heavy atom. The van der Waals surface area contributed by atoms with Gasteiger partial charge in [0.15, 0.2) is 0 Å². The molecule has 84 valence electrons. The maximum atomic E-state index is 9.73. The smallest absolute Gasteiger partial charge is 0.133 e. The summed E-state index contributed by atoms with van der Waals surface area (Å²) in [6, 6.07) is 13.6. The lowest BCUT2D eigenvalue weighted by atomic mass is 10.2. The Morgan fingerprint density at radius 2 is 1.94 bits per heavy atom. The van der Waals surface area contributed by atoms with Crippen molar-refractivity contribution >= 4 is 0 Å². The molecule has 0 amide bonds. The first kappa shape index (κ1) is 10.9. The highest BCUT2D eigenvalue weighted by Crippen LogP contribution is 2.11. The van der Waals surface area contributed by atoms with Gasteiger partial charge in [0.1, 0.15) is 11.9 Å². The van der Waals surface area contributed by atoms with Crippen molar-refractivity contribution in [1.82, 2.24) is 5.32 Å². The van der Waals surface area contributed by atoms with Crippen LogP contribution < -0.4 is 5.32 Å². The molecule has 2 N–H and O–H groups in total. The predicted octanol–water partition coefficient (Wildman–Crippen LogP) is 2.10. The average molecular weight is 217 g/mol. The zero-order valence-electron chi connectivity index (χ0n) is 8.97. The molecule has 2 aromatic rings. The molecule has 1 atom stereocenters. The molecule has 0 aliphatic heterocycles. The van der Waals surface area contributed by atoms with E-state index in [1.54, 1.807) is 18.4 Å². The largest absolute Gasteiger partial charge is 0.467 e. The van der Waals surface area contributed by atoms with Gasteiger partial charge in [-0.2, -0.15) is 0 Å². The van der Waals surface area contributed by atoms with Gasteiger partial charge in [-0.3, -0.25) is 0 Å². The van der Waals surface area contributed by atoms with Crippen molar-refractivity contribution in [3.63, 3.8) is 0 Å². The van der Waals surface area contributed by atoms with E-state index in [4.69, 9.17) is 4.42 Å². The number of hydrogen-bond donors (Lipinski definition) is 2. The molecule has 1 aromatic carbocycles. The maximum absolute atomic E-state index is 9.73. The Balaban J connectivity index is 1.76. The van der Waals surface area contributed by atoms with Crippen LogP contribution in [0.4, 0.5) is 0 Å². The van der Waals surface area contributed by atoms with Crippen molar-refractivity contribution in [2.24, 2.45) is 0 Å². The molecule has 0 bridgehead atoms. The molecular formula is C13H15NO2. The summed E-state index contributed by atoms with van der Waals surface area (Å²) in [4.78, 5) is 0. The van der Waals surface area contributed by atoms with E-state index in [9.17, 15) is 5.11 Å². The summed E-state index contributed by atoms with van der Waals surface area (Å²) in [5.41, 5.74) is 1.20. The molecule has 1 heterocycles. The summed E-state index contributed by atoms with van der Waals surface area (Å²) in [5, 5.41) is 12.9. The first-order valence-electron chi connectivity index (χ1n) is 5.32. The third kappa shape index (κ3) is 2.95. The van der Waals surface area contributed by atoms with Crippen LogP contribution in [0.5, 0.6) is 0 Å². The van der Waals surface area contributed by atoms with E-state index in [2.05, 4.69) is 5.32 Å². The number of aliphatic hydroxyl groups excluding tert-OH is 1. The highest BCUT2D eigenvalue weighted by molar-refractivity contribution is 5.14. The molecule has 0 saturated carbocycles. The van der Waals surface area contributed by atoms with Crippen LogP contribution >= 0.6 is 0 Å². The van der Waals surface area contributed by atoms with Gasteiger partial charge in [-0.05, 0) is 17.7 Å². The Hall–Kier alpha value is -1.58. The molecule has 3 nitrogen and oxygen atoms in total. The van der Waals surface area contributed by atoms with Crippen LogP contribution in [0.2, 0.25) is 0 Å². The molecule has 0 aliphatic carbocycles. The lowest BCUT2D eigenvalue weighted by molar-refractivity contribution is 0.147. The van der Waals surface area contributed by atoms with Gasteiger partial charge >= 0.3 is 0 Å². The fourth-order valence-electron chi connectivity index (χ4n) is 1.53. The second-order valence-corrected chi connectivity index (χ2v) is 3.65. The number of furan rings is 1. The van der Waals surface area contributed by atoms with Crippen molar-refractivity contribution in [2.75, 3.05) is 6.54 Å². The fraction of sp³-hybridized carbons (Fsp3) is 0.231.